The summed E-state index contributed by atoms with van der Waals surface area (Å²) in [5.41, 5.74) is 3.42. The fraction of sp³-hybridized carbons (Fsp3) is 0.167. The number of carbonyl (C=O) groups excluding carboxylic acids is 1. The van der Waals surface area contributed by atoms with Crippen LogP contribution in [0.5, 0.6) is 0 Å². The highest BCUT2D eigenvalue weighted by atomic mass is 16.3. The second-order valence-electron chi connectivity index (χ2n) is 5.16. The van der Waals surface area contributed by atoms with Crippen LogP contribution in [0.4, 0.5) is 0 Å². The number of fused-ring (bicyclic) bond motifs is 1. The van der Waals surface area contributed by atoms with E-state index < -0.39 is 0 Å². The Kier molecular flexibility index (Phi) is 3.26. The first kappa shape index (κ1) is 13.4. The predicted molar refractivity (Wildman–Crippen MR) is 83.7 cm³/mol. The first-order valence-electron chi connectivity index (χ1n) is 6.92. The highest BCUT2D eigenvalue weighted by molar-refractivity contribution is 6.09. The summed E-state index contributed by atoms with van der Waals surface area (Å²) >= 11 is 0. The van der Waals surface area contributed by atoms with Gasteiger partial charge in [0.2, 0.25) is 5.78 Å². The van der Waals surface area contributed by atoms with Crippen molar-refractivity contribution in [1.29, 1.82) is 0 Å². The lowest BCUT2D eigenvalue weighted by molar-refractivity contribution is 0.101. The Morgan fingerprint density at radius 3 is 2.76 bits per heavy atom. The van der Waals surface area contributed by atoms with Gasteiger partial charge in [0.25, 0.3) is 0 Å². The zero-order valence-corrected chi connectivity index (χ0v) is 12.2. The summed E-state index contributed by atoms with van der Waals surface area (Å²) in [7, 11) is 0. The minimum atomic E-state index is -0.0744. The summed E-state index contributed by atoms with van der Waals surface area (Å²) in [6.07, 6.45) is 1.83. The molecule has 3 rings (SSSR count). The third-order valence-corrected chi connectivity index (χ3v) is 3.78. The molecule has 2 heterocycles. The summed E-state index contributed by atoms with van der Waals surface area (Å²) in [4.78, 5) is 12.7. The number of para-hydroxylation sites is 1. The molecule has 0 unspecified atom stereocenters. The molecule has 21 heavy (non-hydrogen) atoms. The summed E-state index contributed by atoms with van der Waals surface area (Å²) in [5, 5.41) is 0.945. The summed E-state index contributed by atoms with van der Waals surface area (Å²) < 4.78 is 7.74. The van der Waals surface area contributed by atoms with Gasteiger partial charge in [-0.2, -0.15) is 0 Å². The standard InChI is InChI=1S/C18H17NO2/c1-4-9-19-12(2)10-15(13(19)3)18(20)17-11-14-7-5-6-8-16(14)21-17/h4-8,10-11H,1,9H2,2-3H3. The van der Waals surface area contributed by atoms with Crippen molar-refractivity contribution in [2.24, 2.45) is 0 Å². The van der Waals surface area contributed by atoms with Crippen LogP contribution in [0.2, 0.25) is 0 Å². The second kappa shape index (κ2) is 5.09. The van der Waals surface area contributed by atoms with Crippen LogP contribution in [0.15, 0.2) is 53.5 Å². The van der Waals surface area contributed by atoms with Gasteiger partial charge in [-0.05, 0) is 32.0 Å². The Labute approximate surface area is 123 Å². The van der Waals surface area contributed by atoms with E-state index in [1.165, 1.54) is 0 Å². The van der Waals surface area contributed by atoms with Crippen LogP contribution in [0.1, 0.15) is 27.5 Å². The number of rotatable bonds is 4. The summed E-state index contributed by atoms with van der Waals surface area (Å²) in [6.45, 7) is 8.40. The molecule has 0 aliphatic heterocycles. The van der Waals surface area contributed by atoms with Crippen molar-refractivity contribution in [3.05, 3.63) is 71.8 Å². The molecule has 0 N–H and O–H groups in total. The molecule has 1 aromatic carbocycles. The number of carbonyl (C=O) groups is 1. The fourth-order valence-corrected chi connectivity index (χ4v) is 2.67. The van der Waals surface area contributed by atoms with Gasteiger partial charge in [0, 0.05) is 28.9 Å². The van der Waals surface area contributed by atoms with Gasteiger partial charge in [-0.15, -0.1) is 6.58 Å². The maximum atomic E-state index is 12.7. The van der Waals surface area contributed by atoms with Gasteiger partial charge in [-0.25, -0.2) is 0 Å². The molecule has 0 saturated carbocycles. The van der Waals surface area contributed by atoms with Crippen molar-refractivity contribution >= 4 is 16.8 Å². The van der Waals surface area contributed by atoms with Crippen molar-refractivity contribution in [2.75, 3.05) is 0 Å². The molecule has 0 amide bonds. The van der Waals surface area contributed by atoms with Crippen LogP contribution in [0.25, 0.3) is 11.0 Å². The molecule has 0 bridgehead atoms. The van der Waals surface area contributed by atoms with Gasteiger partial charge >= 0.3 is 0 Å². The third-order valence-electron chi connectivity index (χ3n) is 3.78. The molecular formula is C18H17NO2. The molecule has 0 atom stereocenters. The monoisotopic (exact) mass is 279 g/mol. The molecule has 106 valence electrons. The number of allylic oxidation sites excluding steroid dienone is 1. The molecule has 0 aliphatic rings. The third kappa shape index (κ3) is 2.21. The summed E-state index contributed by atoms with van der Waals surface area (Å²) in [6, 6.07) is 11.4. The minimum Gasteiger partial charge on any atom is -0.453 e. The van der Waals surface area contributed by atoms with E-state index in [0.29, 0.717) is 17.9 Å². The Hall–Kier alpha value is -2.55. The molecule has 0 spiro atoms. The molecule has 0 saturated heterocycles. The lowest BCUT2D eigenvalue weighted by Gasteiger charge is -2.05. The van der Waals surface area contributed by atoms with Gasteiger partial charge in [0.15, 0.2) is 5.76 Å². The zero-order valence-electron chi connectivity index (χ0n) is 12.2. The van der Waals surface area contributed by atoms with Crippen LogP contribution >= 0.6 is 0 Å². The van der Waals surface area contributed by atoms with E-state index in [-0.39, 0.29) is 5.78 Å². The maximum absolute atomic E-state index is 12.7. The largest absolute Gasteiger partial charge is 0.453 e. The number of nitrogens with zero attached hydrogens (tertiary/aromatic N) is 1. The number of furan rings is 1. The molecule has 3 nitrogen and oxygen atoms in total. The Balaban J connectivity index is 2.05. The van der Waals surface area contributed by atoms with E-state index >= 15 is 0 Å². The fourth-order valence-electron chi connectivity index (χ4n) is 2.67. The van der Waals surface area contributed by atoms with Crippen molar-refractivity contribution in [1.82, 2.24) is 4.57 Å². The number of ketones is 1. The van der Waals surface area contributed by atoms with E-state index in [0.717, 1.165) is 22.4 Å². The molecular weight excluding hydrogens is 262 g/mol. The smallest absolute Gasteiger partial charge is 0.230 e. The lowest BCUT2D eigenvalue weighted by atomic mass is 10.1. The number of benzene rings is 1. The first-order chi connectivity index (χ1) is 10.1. The topological polar surface area (TPSA) is 35.1 Å². The molecule has 0 radical (unpaired) electrons. The number of hydrogen-bond donors (Lipinski definition) is 0. The lowest BCUT2D eigenvalue weighted by Crippen LogP contribution is -2.04. The van der Waals surface area contributed by atoms with E-state index in [2.05, 4.69) is 11.1 Å². The maximum Gasteiger partial charge on any atom is 0.230 e. The van der Waals surface area contributed by atoms with Crippen LogP contribution in [-0.2, 0) is 6.54 Å². The Morgan fingerprint density at radius 1 is 1.29 bits per heavy atom. The minimum absolute atomic E-state index is 0.0744. The van der Waals surface area contributed by atoms with Crippen LogP contribution < -0.4 is 0 Å². The van der Waals surface area contributed by atoms with Crippen LogP contribution in [-0.4, -0.2) is 10.4 Å². The van der Waals surface area contributed by atoms with E-state index in [1.54, 1.807) is 6.07 Å². The highest BCUT2D eigenvalue weighted by Gasteiger charge is 2.20. The van der Waals surface area contributed by atoms with Crippen molar-refractivity contribution < 1.29 is 9.21 Å². The van der Waals surface area contributed by atoms with Gasteiger partial charge in [0.1, 0.15) is 5.58 Å². The average Bonchev–Trinajstić information content (AvgIpc) is 3.03. The number of aromatic nitrogens is 1. The highest BCUT2D eigenvalue weighted by Crippen LogP contribution is 2.24. The SMILES string of the molecule is C=CCn1c(C)cc(C(=O)c2cc3ccccc3o2)c1C. The van der Waals surface area contributed by atoms with Crippen molar-refractivity contribution in [3.8, 4) is 0 Å². The second-order valence-corrected chi connectivity index (χ2v) is 5.16. The first-order valence-corrected chi connectivity index (χ1v) is 6.92. The van der Waals surface area contributed by atoms with E-state index in [1.807, 2.05) is 50.3 Å². The number of aryl methyl sites for hydroxylation is 1. The quantitative estimate of drug-likeness (QED) is 0.528. The van der Waals surface area contributed by atoms with Crippen molar-refractivity contribution in [3.63, 3.8) is 0 Å². The number of hydrogen-bond acceptors (Lipinski definition) is 2. The molecule has 0 aliphatic carbocycles. The van der Waals surface area contributed by atoms with Gasteiger partial charge in [0.05, 0.1) is 0 Å². The Morgan fingerprint density at radius 2 is 2.05 bits per heavy atom. The van der Waals surface area contributed by atoms with Gasteiger partial charge in [-0.3, -0.25) is 4.79 Å². The Bertz CT molecular complexity index is 803. The predicted octanol–water partition coefficient (Wildman–Crippen LogP) is 4.27. The normalized spacial score (nSPS) is 11.0. The van der Waals surface area contributed by atoms with Crippen molar-refractivity contribution in [2.45, 2.75) is 20.4 Å². The average molecular weight is 279 g/mol. The zero-order chi connectivity index (χ0) is 15.0. The molecule has 0 fully saturated rings. The van der Waals surface area contributed by atoms with Crippen LogP contribution in [0, 0.1) is 13.8 Å². The van der Waals surface area contributed by atoms with Gasteiger partial charge in [-0.1, -0.05) is 24.3 Å². The summed E-state index contributed by atoms with van der Waals surface area (Å²) in [5.74, 6) is 0.310. The molecule has 3 aromatic rings. The van der Waals surface area contributed by atoms with E-state index in [4.69, 9.17) is 4.42 Å². The molecule has 2 aromatic heterocycles. The molecule has 3 heteroatoms. The van der Waals surface area contributed by atoms with E-state index in [9.17, 15) is 4.79 Å². The van der Waals surface area contributed by atoms with Crippen LogP contribution in [0.3, 0.4) is 0 Å². The van der Waals surface area contributed by atoms with Gasteiger partial charge < -0.3 is 8.98 Å².